The highest BCUT2D eigenvalue weighted by molar-refractivity contribution is 6.30. The summed E-state index contributed by atoms with van der Waals surface area (Å²) in [5.74, 6) is 0.0304. The van der Waals surface area contributed by atoms with Crippen LogP contribution in [0.2, 0.25) is 5.02 Å². The summed E-state index contributed by atoms with van der Waals surface area (Å²) in [7, 11) is 0. The number of aromatic nitrogens is 1. The molecule has 4 heteroatoms. The quantitative estimate of drug-likeness (QED) is 0.702. The molecule has 14 heavy (non-hydrogen) atoms. The van der Waals surface area contributed by atoms with Gasteiger partial charge in [-0.1, -0.05) is 11.6 Å². The normalized spacial score (nSPS) is 21.1. The van der Waals surface area contributed by atoms with Gasteiger partial charge in [0.2, 0.25) is 0 Å². The van der Waals surface area contributed by atoms with Crippen LogP contribution in [0.1, 0.15) is 16.9 Å². The third kappa shape index (κ3) is 1.94. The first-order chi connectivity index (χ1) is 6.77. The van der Waals surface area contributed by atoms with Crippen molar-refractivity contribution in [2.45, 2.75) is 6.42 Å². The van der Waals surface area contributed by atoms with E-state index >= 15 is 0 Å². The molecule has 0 saturated carbocycles. The lowest BCUT2D eigenvalue weighted by Gasteiger charge is -2.04. The van der Waals surface area contributed by atoms with Gasteiger partial charge in [0.05, 0.1) is 11.6 Å². The van der Waals surface area contributed by atoms with E-state index in [4.69, 9.17) is 16.3 Å². The van der Waals surface area contributed by atoms with Crippen LogP contribution in [0, 0.1) is 5.92 Å². The SMILES string of the molecule is O=C(c1ccc(Cl)cn1)C1CCOC1. The summed E-state index contributed by atoms with van der Waals surface area (Å²) in [6.45, 7) is 1.19. The second kappa shape index (κ2) is 4.07. The van der Waals surface area contributed by atoms with Gasteiger partial charge < -0.3 is 4.74 Å². The lowest BCUT2D eigenvalue weighted by molar-refractivity contribution is 0.0895. The van der Waals surface area contributed by atoms with E-state index in [9.17, 15) is 4.79 Å². The van der Waals surface area contributed by atoms with Crippen molar-refractivity contribution >= 4 is 17.4 Å². The molecule has 1 unspecified atom stereocenters. The van der Waals surface area contributed by atoms with Crippen LogP contribution in [-0.4, -0.2) is 24.0 Å². The van der Waals surface area contributed by atoms with E-state index in [2.05, 4.69) is 4.98 Å². The van der Waals surface area contributed by atoms with Crippen LogP contribution in [0.4, 0.5) is 0 Å². The predicted molar refractivity (Wildman–Crippen MR) is 52.5 cm³/mol. The topological polar surface area (TPSA) is 39.2 Å². The fraction of sp³-hybridized carbons (Fsp3) is 0.400. The smallest absolute Gasteiger partial charge is 0.186 e. The number of ether oxygens (including phenoxy) is 1. The Morgan fingerprint density at radius 1 is 1.57 bits per heavy atom. The maximum Gasteiger partial charge on any atom is 0.186 e. The number of carbonyl (C=O) groups excluding carboxylic acids is 1. The molecule has 0 radical (unpaired) electrons. The molecule has 1 aliphatic rings. The number of rotatable bonds is 2. The highest BCUT2D eigenvalue weighted by Crippen LogP contribution is 2.18. The van der Waals surface area contributed by atoms with Gasteiger partial charge in [0.1, 0.15) is 5.69 Å². The molecule has 0 spiro atoms. The van der Waals surface area contributed by atoms with Crippen LogP contribution in [0.3, 0.4) is 0 Å². The number of carbonyl (C=O) groups is 1. The van der Waals surface area contributed by atoms with Crippen molar-refractivity contribution in [3.05, 3.63) is 29.0 Å². The lowest BCUT2D eigenvalue weighted by atomic mass is 10.0. The van der Waals surface area contributed by atoms with Gasteiger partial charge in [-0.05, 0) is 18.6 Å². The number of pyridine rings is 1. The highest BCUT2D eigenvalue weighted by atomic mass is 35.5. The van der Waals surface area contributed by atoms with Gasteiger partial charge in [-0.15, -0.1) is 0 Å². The van der Waals surface area contributed by atoms with E-state index in [1.54, 1.807) is 12.1 Å². The Hall–Kier alpha value is -0.930. The average Bonchev–Trinajstić information content (AvgIpc) is 2.71. The van der Waals surface area contributed by atoms with Crippen LogP contribution in [-0.2, 0) is 4.74 Å². The molecule has 1 fully saturated rings. The van der Waals surface area contributed by atoms with Crippen molar-refractivity contribution in [2.24, 2.45) is 5.92 Å². The van der Waals surface area contributed by atoms with Gasteiger partial charge in [0.15, 0.2) is 5.78 Å². The Bertz CT molecular complexity index is 330. The first-order valence-corrected chi connectivity index (χ1v) is 4.88. The van der Waals surface area contributed by atoms with Crippen molar-refractivity contribution in [2.75, 3.05) is 13.2 Å². The minimum Gasteiger partial charge on any atom is -0.381 e. The molecule has 0 aromatic carbocycles. The summed E-state index contributed by atoms with van der Waals surface area (Å²) in [6.07, 6.45) is 2.29. The number of nitrogens with zero attached hydrogens (tertiary/aromatic N) is 1. The highest BCUT2D eigenvalue weighted by Gasteiger charge is 2.25. The summed E-state index contributed by atoms with van der Waals surface area (Å²) in [6, 6.07) is 3.33. The van der Waals surface area contributed by atoms with Crippen LogP contribution < -0.4 is 0 Å². The molecule has 1 aliphatic heterocycles. The van der Waals surface area contributed by atoms with E-state index in [1.165, 1.54) is 6.20 Å². The Kier molecular flexibility index (Phi) is 2.79. The third-order valence-electron chi connectivity index (χ3n) is 2.28. The molecular formula is C10H10ClNO2. The van der Waals surface area contributed by atoms with E-state index in [-0.39, 0.29) is 11.7 Å². The summed E-state index contributed by atoms with van der Waals surface area (Å²) in [5, 5.41) is 0.546. The van der Waals surface area contributed by atoms with Crippen molar-refractivity contribution in [3.63, 3.8) is 0 Å². The second-order valence-corrected chi connectivity index (χ2v) is 3.72. The number of halogens is 1. The predicted octanol–water partition coefficient (Wildman–Crippen LogP) is 1.95. The maximum atomic E-state index is 11.8. The van der Waals surface area contributed by atoms with Crippen LogP contribution in [0.15, 0.2) is 18.3 Å². The summed E-state index contributed by atoms with van der Waals surface area (Å²) in [4.78, 5) is 15.8. The van der Waals surface area contributed by atoms with Gasteiger partial charge in [-0.3, -0.25) is 9.78 Å². The lowest BCUT2D eigenvalue weighted by Crippen LogP contribution is -2.15. The minimum absolute atomic E-state index is 0.0244. The fourth-order valence-corrected chi connectivity index (χ4v) is 1.58. The summed E-state index contributed by atoms with van der Waals surface area (Å²) in [5.41, 5.74) is 0.477. The van der Waals surface area contributed by atoms with Crippen molar-refractivity contribution in [1.29, 1.82) is 0 Å². The molecule has 2 heterocycles. The van der Waals surface area contributed by atoms with Crippen molar-refractivity contribution in [3.8, 4) is 0 Å². The van der Waals surface area contributed by atoms with Crippen LogP contribution >= 0.6 is 11.6 Å². The molecule has 2 rings (SSSR count). The minimum atomic E-state index is -0.0244. The number of Topliss-reactive ketones (excluding diaryl/α,β-unsaturated/α-hetero) is 1. The van der Waals surface area contributed by atoms with Crippen LogP contribution in [0.25, 0.3) is 0 Å². The van der Waals surface area contributed by atoms with Gasteiger partial charge >= 0.3 is 0 Å². The van der Waals surface area contributed by atoms with E-state index < -0.39 is 0 Å². The Morgan fingerprint density at radius 3 is 3.00 bits per heavy atom. The zero-order valence-electron chi connectivity index (χ0n) is 7.57. The number of hydrogen-bond acceptors (Lipinski definition) is 3. The molecule has 0 N–H and O–H groups in total. The zero-order valence-corrected chi connectivity index (χ0v) is 8.33. The standard InChI is InChI=1S/C10H10ClNO2/c11-8-1-2-9(12-5-8)10(13)7-3-4-14-6-7/h1-2,5,7H,3-4,6H2. The molecule has 3 nitrogen and oxygen atoms in total. The zero-order chi connectivity index (χ0) is 9.97. The van der Waals surface area contributed by atoms with Crippen molar-refractivity contribution < 1.29 is 9.53 Å². The van der Waals surface area contributed by atoms with Gasteiger partial charge in [0, 0.05) is 18.7 Å². The molecule has 1 saturated heterocycles. The van der Waals surface area contributed by atoms with Gasteiger partial charge in [0.25, 0.3) is 0 Å². The van der Waals surface area contributed by atoms with E-state index in [0.29, 0.717) is 23.9 Å². The average molecular weight is 212 g/mol. The maximum absolute atomic E-state index is 11.8. The van der Waals surface area contributed by atoms with Gasteiger partial charge in [-0.2, -0.15) is 0 Å². The Balaban J connectivity index is 2.14. The molecule has 0 amide bonds. The Morgan fingerprint density at radius 2 is 2.43 bits per heavy atom. The summed E-state index contributed by atoms with van der Waals surface area (Å²) < 4.78 is 5.15. The Labute approximate surface area is 87.0 Å². The first kappa shape index (κ1) is 9.62. The molecule has 1 atom stereocenters. The van der Waals surface area contributed by atoms with E-state index in [0.717, 1.165) is 6.42 Å². The first-order valence-electron chi connectivity index (χ1n) is 4.51. The molecule has 0 bridgehead atoms. The monoisotopic (exact) mass is 211 g/mol. The molecular weight excluding hydrogens is 202 g/mol. The number of hydrogen-bond donors (Lipinski definition) is 0. The molecule has 1 aromatic heterocycles. The van der Waals surface area contributed by atoms with Crippen molar-refractivity contribution in [1.82, 2.24) is 4.98 Å². The van der Waals surface area contributed by atoms with E-state index in [1.807, 2.05) is 0 Å². The molecule has 0 aliphatic carbocycles. The molecule has 1 aromatic rings. The summed E-state index contributed by atoms with van der Waals surface area (Å²) >= 11 is 5.68. The third-order valence-corrected chi connectivity index (χ3v) is 2.50. The van der Waals surface area contributed by atoms with Gasteiger partial charge in [-0.25, -0.2) is 0 Å². The molecule has 74 valence electrons. The second-order valence-electron chi connectivity index (χ2n) is 3.29. The largest absolute Gasteiger partial charge is 0.381 e. The van der Waals surface area contributed by atoms with Crippen LogP contribution in [0.5, 0.6) is 0 Å². The number of ketones is 1. The fourth-order valence-electron chi connectivity index (χ4n) is 1.47.